The molecule has 0 saturated heterocycles. The average molecular weight is 391 g/mol. The molecule has 1 nitrogen and oxygen atoms in total. The van der Waals surface area contributed by atoms with E-state index >= 15 is 0 Å². The zero-order valence-electron chi connectivity index (χ0n) is 17.6. The van der Waals surface area contributed by atoms with Crippen LogP contribution in [0.25, 0.3) is 0 Å². The highest BCUT2D eigenvalue weighted by Crippen LogP contribution is 2.45. The van der Waals surface area contributed by atoms with Gasteiger partial charge in [0.1, 0.15) is 0 Å². The van der Waals surface area contributed by atoms with Gasteiger partial charge in [-0.3, -0.25) is 0 Å². The Morgan fingerprint density at radius 1 is 0.929 bits per heavy atom. The Hall–Kier alpha value is -1.38. The summed E-state index contributed by atoms with van der Waals surface area (Å²) in [7, 11) is 0. The molecule has 2 aliphatic rings. The summed E-state index contributed by atoms with van der Waals surface area (Å²) in [5, 5.41) is 0. The molecule has 1 aromatic rings. The van der Waals surface area contributed by atoms with E-state index in [2.05, 4.69) is 19.1 Å². The predicted molar refractivity (Wildman–Crippen MR) is 112 cm³/mol. The minimum absolute atomic E-state index is 0.0311. The highest BCUT2D eigenvalue weighted by atomic mass is 19.2. The van der Waals surface area contributed by atoms with Gasteiger partial charge in [-0.1, -0.05) is 31.1 Å². The van der Waals surface area contributed by atoms with E-state index in [1.165, 1.54) is 38.5 Å². The van der Waals surface area contributed by atoms with Crippen molar-refractivity contribution >= 4 is 0 Å². The molecule has 0 aromatic heterocycles. The molecule has 0 unspecified atom stereocenters. The van der Waals surface area contributed by atoms with E-state index in [4.69, 9.17) is 4.74 Å². The maximum atomic E-state index is 14.5. The molecule has 2 aliphatic carbocycles. The second-order valence-electron chi connectivity index (χ2n) is 8.75. The number of hydrogen-bond donors (Lipinski definition) is 0. The highest BCUT2D eigenvalue weighted by molar-refractivity contribution is 5.33. The SMILES string of the molecule is CC=CCCC1CCC(C2CCC(c3ccc(OCC)c(F)c3F)CC2)CC1. The first-order chi connectivity index (χ1) is 13.6. The van der Waals surface area contributed by atoms with E-state index in [-0.39, 0.29) is 11.7 Å². The Morgan fingerprint density at radius 2 is 1.57 bits per heavy atom. The highest BCUT2D eigenvalue weighted by Gasteiger charge is 2.32. The zero-order chi connectivity index (χ0) is 19.9. The van der Waals surface area contributed by atoms with E-state index in [0.717, 1.165) is 43.4 Å². The topological polar surface area (TPSA) is 9.23 Å². The monoisotopic (exact) mass is 390 g/mol. The number of hydrogen-bond acceptors (Lipinski definition) is 1. The molecule has 0 radical (unpaired) electrons. The molecule has 3 heteroatoms. The third-order valence-electron chi connectivity index (χ3n) is 7.12. The lowest BCUT2D eigenvalue weighted by Gasteiger charge is -2.38. The Morgan fingerprint density at radius 3 is 2.18 bits per heavy atom. The molecule has 2 fully saturated rings. The van der Waals surface area contributed by atoms with Crippen LogP contribution >= 0.6 is 0 Å². The van der Waals surface area contributed by atoms with Gasteiger partial charge in [0, 0.05) is 0 Å². The van der Waals surface area contributed by atoms with Crippen molar-refractivity contribution in [3.05, 3.63) is 41.5 Å². The van der Waals surface area contributed by atoms with Crippen LogP contribution in [0.4, 0.5) is 8.78 Å². The molecule has 1 aromatic carbocycles. The lowest BCUT2D eigenvalue weighted by Crippen LogP contribution is -2.25. The third kappa shape index (κ3) is 5.15. The van der Waals surface area contributed by atoms with Crippen LogP contribution in [0.1, 0.15) is 89.5 Å². The van der Waals surface area contributed by atoms with Gasteiger partial charge < -0.3 is 4.74 Å². The number of allylic oxidation sites excluding steroid dienone is 2. The van der Waals surface area contributed by atoms with Crippen molar-refractivity contribution in [1.29, 1.82) is 0 Å². The van der Waals surface area contributed by atoms with Crippen LogP contribution in [0.15, 0.2) is 24.3 Å². The van der Waals surface area contributed by atoms with Gasteiger partial charge in [-0.05, 0) is 101 Å². The first kappa shape index (κ1) is 21.3. The van der Waals surface area contributed by atoms with Crippen molar-refractivity contribution < 1.29 is 13.5 Å². The minimum Gasteiger partial charge on any atom is -0.491 e. The fraction of sp³-hybridized carbons (Fsp3) is 0.680. The second kappa shape index (κ2) is 10.4. The van der Waals surface area contributed by atoms with E-state index in [1.54, 1.807) is 19.1 Å². The molecule has 0 spiro atoms. The van der Waals surface area contributed by atoms with Gasteiger partial charge in [0.15, 0.2) is 11.6 Å². The molecule has 3 rings (SSSR count). The summed E-state index contributed by atoms with van der Waals surface area (Å²) < 4.78 is 33.9. The number of benzene rings is 1. The summed E-state index contributed by atoms with van der Waals surface area (Å²) in [5.74, 6) is 1.20. The number of halogens is 2. The summed E-state index contributed by atoms with van der Waals surface area (Å²) in [4.78, 5) is 0. The molecule has 0 N–H and O–H groups in total. The Bertz CT molecular complexity index is 638. The van der Waals surface area contributed by atoms with Gasteiger partial charge >= 0.3 is 0 Å². The molecule has 2 saturated carbocycles. The molecule has 0 bridgehead atoms. The van der Waals surface area contributed by atoms with Crippen LogP contribution in [0, 0.1) is 29.4 Å². The fourth-order valence-electron chi connectivity index (χ4n) is 5.48. The molecule has 0 heterocycles. The maximum Gasteiger partial charge on any atom is 0.200 e. The van der Waals surface area contributed by atoms with Crippen LogP contribution in [-0.2, 0) is 0 Å². The lowest BCUT2D eigenvalue weighted by atomic mass is 9.68. The van der Waals surface area contributed by atoms with Crippen molar-refractivity contribution in [1.82, 2.24) is 0 Å². The van der Waals surface area contributed by atoms with Crippen molar-refractivity contribution in [2.24, 2.45) is 17.8 Å². The molecular formula is C25H36F2O. The largest absolute Gasteiger partial charge is 0.491 e. The van der Waals surface area contributed by atoms with Gasteiger partial charge in [-0.15, -0.1) is 0 Å². The maximum absolute atomic E-state index is 14.5. The third-order valence-corrected chi connectivity index (χ3v) is 7.12. The van der Waals surface area contributed by atoms with Crippen molar-refractivity contribution in [2.45, 2.75) is 84.0 Å². The molecular weight excluding hydrogens is 354 g/mol. The van der Waals surface area contributed by atoms with Crippen LogP contribution in [-0.4, -0.2) is 6.61 Å². The summed E-state index contributed by atoms with van der Waals surface area (Å²) in [6.45, 7) is 4.22. The zero-order valence-corrected chi connectivity index (χ0v) is 17.6. The van der Waals surface area contributed by atoms with Crippen molar-refractivity contribution in [3.8, 4) is 5.75 Å². The first-order valence-electron chi connectivity index (χ1n) is 11.4. The van der Waals surface area contributed by atoms with Crippen molar-refractivity contribution in [3.63, 3.8) is 0 Å². The Kier molecular flexibility index (Phi) is 7.93. The van der Waals surface area contributed by atoms with E-state index in [9.17, 15) is 8.78 Å². The first-order valence-corrected chi connectivity index (χ1v) is 11.4. The lowest BCUT2D eigenvalue weighted by molar-refractivity contribution is 0.156. The predicted octanol–water partition coefficient (Wildman–Crippen LogP) is 7.80. The smallest absolute Gasteiger partial charge is 0.200 e. The Balaban J connectivity index is 1.49. The summed E-state index contributed by atoms with van der Waals surface area (Å²) in [6, 6.07) is 3.34. The molecule has 156 valence electrons. The summed E-state index contributed by atoms with van der Waals surface area (Å²) in [5.41, 5.74) is 0.548. The van der Waals surface area contributed by atoms with Gasteiger partial charge in [-0.2, -0.15) is 4.39 Å². The van der Waals surface area contributed by atoms with Gasteiger partial charge in [0.05, 0.1) is 6.61 Å². The van der Waals surface area contributed by atoms with Crippen LogP contribution < -0.4 is 4.74 Å². The van der Waals surface area contributed by atoms with Gasteiger partial charge in [0.2, 0.25) is 5.82 Å². The number of rotatable bonds is 7. The number of ether oxygens (including phenoxy) is 1. The van der Waals surface area contributed by atoms with Crippen molar-refractivity contribution in [2.75, 3.05) is 6.61 Å². The molecule has 0 amide bonds. The normalized spacial score (nSPS) is 28.6. The van der Waals surface area contributed by atoms with E-state index < -0.39 is 11.6 Å². The van der Waals surface area contributed by atoms with E-state index in [1.807, 2.05) is 0 Å². The van der Waals surface area contributed by atoms with Crippen LogP contribution in [0.2, 0.25) is 0 Å². The van der Waals surface area contributed by atoms with Crippen LogP contribution in [0.3, 0.4) is 0 Å². The summed E-state index contributed by atoms with van der Waals surface area (Å²) >= 11 is 0. The van der Waals surface area contributed by atoms with Crippen LogP contribution in [0.5, 0.6) is 5.75 Å². The molecule has 0 aliphatic heterocycles. The Labute approximate surface area is 169 Å². The van der Waals surface area contributed by atoms with Gasteiger partial charge in [0.25, 0.3) is 0 Å². The summed E-state index contributed by atoms with van der Waals surface area (Å²) in [6.07, 6.45) is 16.8. The van der Waals surface area contributed by atoms with E-state index in [0.29, 0.717) is 12.2 Å². The molecule has 28 heavy (non-hydrogen) atoms. The molecule has 0 atom stereocenters. The standard InChI is InChI=1S/C25H36F2O/c1-3-5-6-7-18-8-10-19(11-9-18)20-12-14-21(15-13-20)22-16-17-23(28-4-2)25(27)24(22)26/h3,5,16-21H,4,6-15H2,1-2H3. The quantitative estimate of drug-likeness (QED) is 0.432. The minimum atomic E-state index is -0.822. The van der Waals surface area contributed by atoms with Gasteiger partial charge in [-0.25, -0.2) is 4.39 Å². The fourth-order valence-corrected chi connectivity index (χ4v) is 5.48. The second-order valence-corrected chi connectivity index (χ2v) is 8.75. The average Bonchev–Trinajstić information content (AvgIpc) is 2.73.